The molecule has 1 aliphatic carbocycles. The van der Waals surface area contributed by atoms with E-state index in [1.807, 2.05) is 0 Å². The normalized spacial score (nSPS) is 26.6. The molecule has 0 amide bonds. The average molecular weight is 334 g/mol. The Balaban J connectivity index is 1.35. The van der Waals surface area contributed by atoms with Crippen LogP contribution in [-0.4, -0.2) is 78.4 Å². The van der Waals surface area contributed by atoms with Gasteiger partial charge in [-0.25, -0.2) is 4.98 Å². The van der Waals surface area contributed by atoms with E-state index >= 15 is 0 Å². The zero-order valence-corrected chi connectivity index (χ0v) is 14.1. The number of hydrogen-bond acceptors (Lipinski definition) is 6. The highest BCUT2D eigenvalue weighted by Gasteiger charge is 2.27. The number of morpholine rings is 2. The van der Waals surface area contributed by atoms with Gasteiger partial charge in [0.2, 0.25) is 0 Å². The van der Waals surface area contributed by atoms with Gasteiger partial charge in [0.05, 0.1) is 31.6 Å². The molecule has 0 radical (unpaired) electrons. The topological polar surface area (TPSA) is 70.7 Å². The number of hydrogen-bond donors (Lipinski definition) is 1. The van der Waals surface area contributed by atoms with E-state index in [9.17, 15) is 4.79 Å². The third kappa shape index (κ3) is 4.22. The number of H-pyrrole nitrogens is 1. The van der Waals surface area contributed by atoms with E-state index in [4.69, 9.17) is 9.47 Å². The minimum Gasteiger partial charge on any atom is -0.379 e. The number of nitrogens with zero attached hydrogens (tertiary/aromatic N) is 3. The fourth-order valence-electron chi connectivity index (χ4n) is 3.50. The standard InChI is InChI=1S/C17H26N4O3/c22-16-9-14(18-17(19-16)13-1-2-13)10-21-5-8-24-15(12-21)11-20-3-6-23-7-4-20/h9,13,15H,1-8,10-12H2,(H,18,19,22). The summed E-state index contributed by atoms with van der Waals surface area (Å²) < 4.78 is 11.3. The Labute approximate surface area is 142 Å². The Hall–Kier alpha value is -1.28. The third-order valence-corrected chi connectivity index (χ3v) is 4.95. The molecule has 3 fully saturated rings. The van der Waals surface area contributed by atoms with E-state index in [-0.39, 0.29) is 11.7 Å². The van der Waals surface area contributed by atoms with Gasteiger partial charge in [0.25, 0.3) is 5.56 Å². The molecular formula is C17H26N4O3. The Bertz CT molecular complexity index is 610. The van der Waals surface area contributed by atoms with Crippen molar-refractivity contribution in [1.82, 2.24) is 19.8 Å². The summed E-state index contributed by atoms with van der Waals surface area (Å²) in [5.41, 5.74) is 0.854. The van der Waals surface area contributed by atoms with E-state index < -0.39 is 0 Å². The molecule has 1 N–H and O–H groups in total. The smallest absolute Gasteiger partial charge is 0.251 e. The van der Waals surface area contributed by atoms with Crippen molar-refractivity contribution in [2.24, 2.45) is 0 Å². The summed E-state index contributed by atoms with van der Waals surface area (Å²) in [6.45, 7) is 7.82. The first-order valence-corrected chi connectivity index (χ1v) is 9.00. The lowest BCUT2D eigenvalue weighted by atomic mass is 10.2. The molecule has 1 atom stereocenters. The van der Waals surface area contributed by atoms with Crippen LogP contribution < -0.4 is 5.56 Å². The lowest BCUT2D eigenvalue weighted by molar-refractivity contribution is -0.0592. The molecule has 132 valence electrons. The number of ether oxygens (including phenoxy) is 2. The first-order chi connectivity index (χ1) is 11.8. The van der Waals surface area contributed by atoms with Crippen LogP contribution in [0.4, 0.5) is 0 Å². The molecule has 1 saturated carbocycles. The Morgan fingerprint density at radius 3 is 2.75 bits per heavy atom. The summed E-state index contributed by atoms with van der Waals surface area (Å²) in [5.74, 6) is 1.34. The van der Waals surface area contributed by atoms with E-state index in [2.05, 4.69) is 19.8 Å². The second kappa shape index (κ2) is 7.31. The maximum atomic E-state index is 11.9. The molecule has 4 rings (SSSR count). The molecule has 1 unspecified atom stereocenters. The lowest BCUT2D eigenvalue weighted by Crippen LogP contribution is -2.49. The van der Waals surface area contributed by atoms with Gasteiger partial charge in [-0.3, -0.25) is 14.6 Å². The summed E-state index contributed by atoms with van der Waals surface area (Å²) in [6.07, 6.45) is 2.51. The molecule has 0 aromatic carbocycles. The Morgan fingerprint density at radius 2 is 1.96 bits per heavy atom. The third-order valence-electron chi connectivity index (χ3n) is 4.95. The Kier molecular flexibility index (Phi) is 4.93. The molecule has 7 heteroatoms. The van der Waals surface area contributed by atoms with Crippen molar-refractivity contribution in [1.29, 1.82) is 0 Å². The first-order valence-electron chi connectivity index (χ1n) is 9.00. The number of aromatic amines is 1. The van der Waals surface area contributed by atoms with Crippen molar-refractivity contribution in [2.45, 2.75) is 31.4 Å². The van der Waals surface area contributed by atoms with Gasteiger partial charge in [0.1, 0.15) is 5.82 Å². The van der Waals surface area contributed by atoms with Crippen LogP contribution in [0.15, 0.2) is 10.9 Å². The van der Waals surface area contributed by atoms with Gasteiger partial charge in [-0.2, -0.15) is 0 Å². The molecule has 2 saturated heterocycles. The predicted molar refractivity (Wildman–Crippen MR) is 89.1 cm³/mol. The van der Waals surface area contributed by atoms with E-state index in [1.54, 1.807) is 6.07 Å². The van der Waals surface area contributed by atoms with Crippen LogP contribution in [0.5, 0.6) is 0 Å². The Morgan fingerprint density at radius 1 is 1.17 bits per heavy atom. The summed E-state index contributed by atoms with van der Waals surface area (Å²) in [5, 5.41) is 0. The number of nitrogens with one attached hydrogen (secondary N) is 1. The molecule has 0 bridgehead atoms. The molecular weight excluding hydrogens is 308 g/mol. The molecule has 2 aliphatic heterocycles. The van der Waals surface area contributed by atoms with Crippen LogP contribution in [-0.2, 0) is 16.0 Å². The van der Waals surface area contributed by atoms with Gasteiger partial charge < -0.3 is 14.5 Å². The summed E-state index contributed by atoms with van der Waals surface area (Å²) in [7, 11) is 0. The van der Waals surface area contributed by atoms with E-state index in [0.29, 0.717) is 5.92 Å². The highest BCUT2D eigenvalue weighted by molar-refractivity contribution is 5.10. The molecule has 3 heterocycles. The van der Waals surface area contributed by atoms with Crippen LogP contribution in [0.3, 0.4) is 0 Å². The maximum absolute atomic E-state index is 11.9. The first kappa shape index (κ1) is 16.2. The highest BCUT2D eigenvalue weighted by atomic mass is 16.5. The fraction of sp³-hybridized carbons (Fsp3) is 0.765. The van der Waals surface area contributed by atoms with Gasteiger partial charge in [-0.1, -0.05) is 0 Å². The van der Waals surface area contributed by atoms with Crippen LogP contribution in [0.1, 0.15) is 30.3 Å². The largest absolute Gasteiger partial charge is 0.379 e. The lowest BCUT2D eigenvalue weighted by Gasteiger charge is -2.36. The second-order valence-corrected chi connectivity index (χ2v) is 7.04. The predicted octanol–water partition coefficient (Wildman–Crippen LogP) is 0.180. The van der Waals surface area contributed by atoms with Crippen molar-refractivity contribution in [3.05, 3.63) is 27.9 Å². The van der Waals surface area contributed by atoms with E-state index in [1.165, 1.54) is 0 Å². The van der Waals surface area contributed by atoms with E-state index in [0.717, 1.165) is 83.4 Å². The maximum Gasteiger partial charge on any atom is 0.251 e. The molecule has 3 aliphatic rings. The number of aromatic nitrogens is 2. The fourth-order valence-corrected chi connectivity index (χ4v) is 3.50. The monoisotopic (exact) mass is 334 g/mol. The molecule has 1 aromatic heterocycles. The van der Waals surface area contributed by atoms with Gasteiger partial charge in [0, 0.05) is 51.3 Å². The summed E-state index contributed by atoms with van der Waals surface area (Å²) >= 11 is 0. The van der Waals surface area contributed by atoms with Gasteiger partial charge in [0.15, 0.2) is 0 Å². The molecule has 7 nitrogen and oxygen atoms in total. The van der Waals surface area contributed by atoms with Crippen molar-refractivity contribution < 1.29 is 9.47 Å². The summed E-state index contributed by atoms with van der Waals surface area (Å²) in [6, 6.07) is 1.64. The van der Waals surface area contributed by atoms with Gasteiger partial charge in [-0.15, -0.1) is 0 Å². The van der Waals surface area contributed by atoms with Crippen molar-refractivity contribution in [3.63, 3.8) is 0 Å². The number of rotatable bonds is 5. The van der Waals surface area contributed by atoms with Gasteiger partial charge >= 0.3 is 0 Å². The average Bonchev–Trinajstić information content (AvgIpc) is 3.40. The zero-order valence-electron chi connectivity index (χ0n) is 14.1. The van der Waals surface area contributed by atoms with Crippen LogP contribution >= 0.6 is 0 Å². The van der Waals surface area contributed by atoms with Crippen LogP contribution in [0, 0.1) is 0 Å². The molecule has 0 spiro atoms. The second-order valence-electron chi connectivity index (χ2n) is 7.04. The zero-order chi connectivity index (χ0) is 16.4. The van der Waals surface area contributed by atoms with Crippen molar-refractivity contribution in [2.75, 3.05) is 52.5 Å². The van der Waals surface area contributed by atoms with Crippen LogP contribution in [0.25, 0.3) is 0 Å². The molecule has 24 heavy (non-hydrogen) atoms. The van der Waals surface area contributed by atoms with Gasteiger partial charge in [-0.05, 0) is 12.8 Å². The van der Waals surface area contributed by atoms with Crippen molar-refractivity contribution in [3.8, 4) is 0 Å². The minimum atomic E-state index is -0.0278. The van der Waals surface area contributed by atoms with Crippen LogP contribution in [0.2, 0.25) is 0 Å². The summed E-state index contributed by atoms with van der Waals surface area (Å²) in [4.78, 5) is 24.2. The SMILES string of the molecule is O=c1cc(CN2CCOC(CN3CCOCC3)C2)nc(C2CC2)[nH]1. The van der Waals surface area contributed by atoms with Crippen molar-refractivity contribution >= 4 is 0 Å². The quantitative estimate of drug-likeness (QED) is 0.828. The highest BCUT2D eigenvalue weighted by Crippen LogP contribution is 2.37. The molecule has 1 aromatic rings. The minimum absolute atomic E-state index is 0.0278.